The number of ketones is 1. The van der Waals surface area contributed by atoms with E-state index in [0.717, 1.165) is 13.0 Å². The Morgan fingerprint density at radius 2 is 2.41 bits per heavy atom. The van der Waals surface area contributed by atoms with E-state index in [-0.39, 0.29) is 11.7 Å². The lowest BCUT2D eigenvalue weighted by molar-refractivity contribution is 0.0940. The largest absolute Gasteiger partial charge is 0.381 e. The van der Waals surface area contributed by atoms with Gasteiger partial charge in [-0.2, -0.15) is 0 Å². The Labute approximate surface area is 99.5 Å². The van der Waals surface area contributed by atoms with Gasteiger partial charge >= 0.3 is 0 Å². The lowest BCUT2D eigenvalue weighted by atomic mass is 10.1. The molecule has 2 rings (SSSR count). The molecular formula is C12H16N2O3. The van der Waals surface area contributed by atoms with Crippen LogP contribution in [0.1, 0.15) is 34.2 Å². The van der Waals surface area contributed by atoms with Crippen molar-refractivity contribution >= 4 is 11.7 Å². The van der Waals surface area contributed by atoms with Gasteiger partial charge in [0, 0.05) is 30.8 Å². The molecule has 1 fully saturated rings. The fraction of sp³-hybridized carbons (Fsp3) is 0.500. The maximum absolute atomic E-state index is 11.7. The van der Waals surface area contributed by atoms with Gasteiger partial charge in [0.05, 0.1) is 6.61 Å². The normalized spacial score (nSPS) is 19.2. The molecule has 5 nitrogen and oxygen atoms in total. The predicted molar refractivity (Wildman–Crippen MR) is 62.1 cm³/mol. The SMILES string of the molecule is CC(=O)c1c[nH]c(C(=O)NC[C@@H]2CCOC2)c1. The summed E-state index contributed by atoms with van der Waals surface area (Å²) < 4.78 is 5.23. The average Bonchev–Trinajstić information content (AvgIpc) is 2.96. The number of ether oxygens (including phenoxy) is 1. The highest BCUT2D eigenvalue weighted by atomic mass is 16.5. The van der Waals surface area contributed by atoms with Crippen LogP contribution in [0, 0.1) is 5.92 Å². The third-order valence-corrected chi connectivity index (χ3v) is 2.91. The van der Waals surface area contributed by atoms with Crippen molar-refractivity contribution in [2.45, 2.75) is 13.3 Å². The van der Waals surface area contributed by atoms with Crippen LogP contribution in [-0.4, -0.2) is 36.4 Å². The lowest BCUT2D eigenvalue weighted by Gasteiger charge is -2.08. The third kappa shape index (κ3) is 2.94. The van der Waals surface area contributed by atoms with Crippen LogP contribution in [0.5, 0.6) is 0 Å². The summed E-state index contributed by atoms with van der Waals surface area (Å²) in [6.07, 6.45) is 2.54. The fourth-order valence-corrected chi connectivity index (χ4v) is 1.81. The molecule has 0 aliphatic carbocycles. The van der Waals surface area contributed by atoms with E-state index in [4.69, 9.17) is 4.74 Å². The molecule has 0 radical (unpaired) electrons. The summed E-state index contributed by atoms with van der Waals surface area (Å²) in [5.41, 5.74) is 0.952. The van der Waals surface area contributed by atoms with Gasteiger partial charge in [0.15, 0.2) is 5.78 Å². The van der Waals surface area contributed by atoms with E-state index in [9.17, 15) is 9.59 Å². The highest BCUT2D eigenvalue weighted by Crippen LogP contribution is 2.11. The highest BCUT2D eigenvalue weighted by Gasteiger charge is 2.17. The van der Waals surface area contributed by atoms with E-state index in [0.29, 0.717) is 30.3 Å². The number of hydrogen-bond acceptors (Lipinski definition) is 3. The molecule has 0 saturated carbocycles. The Bertz CT molecular complexity index is 419. The number of nitrogens with one attached hydrogen (secondary N) is 2. The summed E-state index contributed by atoms with van der Waals surface area (Å²) in [4.78, 5) is 25.6. The topological polar surface area (TPSA) is 71.2 Å². The van der Waals surface area contributed by atoms with Gasteiger partial charge in [0.2, 0.25) is 0 Å². The molecule has 1 aromatic rings. The van der Waals surface area contributed by atoms with E-state index >= 15 is 0 Å². The quantitative estimate of drug-likeness (QED) is 0.766. The van der Waals surface area contributed by atoms with Crippen LogP contribution in [0.2, 0.25) is 0 Å². The van der Waals surface area contributed by atoms with Crippen LogP contribution >= 0.6 is 0 Å². The molecule has 92 valence electrons. The number of carbonyl (C=O) groups is 2. The molecule has 0 unspecified atom stereocenters. The number of hydrogen-bond donors (Lipinski definition) is 2. The minimum Gasteiger partial charge on any atom is -0.381 e. The van der Waals surface area contributed by atoms with Gasteiger partial charge in [-0.15, -0.1) is 0 Å². The van der Waals surface area contributed by atoms with E-state index in [1.54, 1.807) is 12.3 Å². The number of carbonyl (C=O) groups excluding carboxylic acids is 2. The van der Waals surface area contributed by atoms with Crippen molar-refractivity contribution < 1.29 is 14.3 Å². The molecule has 1 aromatic heterocycles. The summed E-state index contributed by atoms with van der Waals surface area (Å²) >= 11 is 0. The van der Waals surface area contributed by atoms with Gasteiger partial charge in [-0.1, -0.05) is 0 Å². The zero-order chi connectivity index (χ0) is 12.3. The van der Waals surface area contributed by atoms with Crippen molar-refractivity contribution in [3.63, 3.8) is 0 Å². The zero-order valence-electron chi connectivity index (χ0n) is 9.79. The molecule has 0 bridgehead atoms. The average molecular weight is 236 g/mol. The van der Waals surface area contributed by atoms with Crippen molar-refractivity contribution in [1.82, 2.24) is 10.3 Å². The Kier molecular flexibility index (Phi) is 3.58. The molecule has 17 heavy (non-hydrogen) atoms. The maximum Gasteiger partial charge on any atom is 0.267 e. The van der Waals surface area contributed by atoms with Gasteiger partial charge in [0.25, 0.3) is 5.91 Å². The molecule has 1 atom stereocenters. The van der Waals surface area contributed by atoms with Gasteiger partial charge in [-0.25, -0.2) is 0 Å². The number of amides is 1. The van der Waals surface area contributed by atoms with Crippen LogP contribution in [0.3, 0.4) is 0 Å². The number of aromatic amines is 1. The minimum atomic E-state index is -0.176. The summed E-state index contributed by atoms with van der Waals surface area (Å²) in [5.74, 6) is 0.176. The summed E-state index contributed by atoms with van der Waals surface area (Å²) in [6, 6.07) is 1.57. The fourth-order valence-electron chi connectivity index (χ4n) is 1.81. The van der Waals surface area contributed by atoms with Crippen LogP contribution in [0.25, 0.3) is 0 Å². The molecule has 1 aliphatic rings. The molecular weight excluding hydrogens is 220 g/mol. The minimum absolute atomic E-state index is 0.0514. The molecule has 0 spiro atoms. The number of aromatic nitrogens is 1. The third-order valence-electron chi connectivity index (χ3n) is 2.91. The first-order valence-corrected chi connectivity index (χ1v) is 5.72. The van der Waals surface area contributed by atoms with Crippen LogP contribution in [0.4, 0.5) is 0 Å². The standard InChI is InChI=1S/C12H16N2O3/c1-8(15)10-4-11(13-6-10)12(16)14-5-9-2-3-17-7-9/h4,6,9,13H,2-3,5,7H2,1H3,(H,14,16)/t9-/m0/s1. The molecule has 1 amide bonds. The monoisotopic (exact) mass is 236 g/mol. The summed E-state index contributed by atoms with van der Waals surface area (Å²) in [7, 11) is 0. The number of rotatable bonds is 4. The molecule has 2 N–H and O–H groups in total. The van der Waals surface area contributed by atoms with E-state index in [1.165, 1.54) is 6.92 Å². The van der Waals surface area contributed by atoms with Crippen molar-refractivity contribution in [2.75, 3.05) is 19.8 Å². The second-order valence-electron chi connectivity index (χ2n) is 4.30. The first-order valence-electron chi connectivity index (χ1n) is 5.72. The lowest BCUT2D eigenvalue weighted by Crippen LogP contribution is -2.29. The van der Waals surface area contributed by atoms with Gasteiger partial charge in [-0.05, 0) is 19.4 Å². The van der Waals surface area contributed by atoms with Gasteiger partial charge in [-0.3, -0.25) is 9.59 Å². The molecule has 1 aliphatic heterocycles. The first-order chi connectivity index (χ1) is 8.16. The van der Waals surface area contributed by atoms with E-state index in [2.05, 4.69) is 10.3 Å². The molecule has 2 heterocycles. The molecule has 5 heteroatoms. The molecule has 0 aromatic carbocycles. The maximum atomic E-state index is 11.7. The highest BCUT2D eigenvalue weighted by molar-refractivity contribution is 5.99. The predicted octanol–water partition coefficient (Wildman–Crippen LogP) is 0.984. The summed E-state index contributed by atoms with van der Waals surface area (Å²) in [5, 5.41) is 2.83. The van der Waals surface area contributed by atoms with Crippen LogP contribution < -0.4 is 5.32 Å². The Hall–Kier alpha value is -1.62. The number of H-pyrrole nitrogens is 1. The second-order valence-corrected chi connectivity index (χ2v) is 4.30. The van der Waals surface area contributed by atoms with E-state index < -0.39 is 0 Å². The van der Waals surface area contributed by atoms with Crippen LogP contribution in [0.15, 0.2) is 12.3 Å². The van der Waals surface area contributed by atoms with Crippen LogP contribution in [-0.2, 0) is 4.74 Å². The smallest absolute Gasteiger partial charge is 0.267 e. The van der Waals surface area contributed by atoms with Crippen molar-refractivity contribution in [3.8, 4) is 0 Å². The second kappa shape index (κ2) is 5.14. The Balaban J connectivity index is 1.87. The number of Topliss-reactive ketones (excluding diaryl/α,β-unsaturated/α-hetero) is 1. The molecule has 1 saturated heterocycles. The van der Waals surface area contributed by atoms with Gasteiger partial charge < -0.3 is 15.0 Å². The first kappa shape index (κ1) is 11.9. The van der Waals surface area contributed by atoms with Gasteiger partial charge in [0.1, 0.15) is 5.69 Å². The summed E-state index contributed by atoms with van der Waals surface area (Å²) in [6.45, 7) is 3.58. The Morgan fingerprint density at radius 3 is 3.00 bits per heavy atom. The van der Waals surface area contributed by atoms with Crippen molar-refractivity contribution in [1.29, 1.82) is 0 Å². The van der Waals surface area contributed by atoms with Crippen molar-refractivity contribution in [2.24, 2.45) is 5.92 Å². The van der Waals surface area contributed by atoms with Crippen molar-refractivity contribution in [3.05, 3.63) is 23.5 Å². The Morgan fingerprint density at radius 1 is 1.59 bits per heavy atom. The van der Waals surface area contributed by atoms with E-state index in [1.807, 2.05) is 0 Å². The zero-order valence-corrected chi connectivity index (χ0v) is 9.79.